The van der Waals surface area contributed by atoms with Crippen LogP contribution in [0.2, 0.25) is 0 Å². The zero-order valence-corrected chi connectivity index (χ0v) is 9.30. The summed E-state index contributed by atoms with van der Waals surface area (Å²) in [5.74, 6) is -2.25. The second-order valence-electron chi connectivity index (χ2n) is 3.70. The predicted octanol–water partition coefficient (Wildman–Crippen LogP) is 1.50. The van der Waals surface area contributed by atoms with Gasteiger partial charge in [-0.15, -0.1) is 0 Å². The summed E-state index contributed by atoms with van der Waals surface area (Å²) < 4.78 is 0. The van der Waals surface area contributed by atoms with E-state index in [9.17, 15) is 9.59 Å². The molecule has 0 radical (unpaired) electrons. The summed E-state index contributed by atoms with van der Waals surface area (Å²) in [4.78, 5) is 21.6. The molecular weight excluding hydrogens is 222 g/mol. The van der Waals surface area contributed by atoms with Gasteiger partial charge in [0.05, 0.1) is 5.56 Å². The lowest BCUT2D eigenvalue weighted by atomic mass is 9.94. The van der Waals surface area contributed by atoms with Crippen LogP contribution in [-0.2, 0) is 4.79 Å². The van der Waals surface area contributed by atoms with Crippen molar-refractivity contribution >= 4 is 17.5 Å². The van der Waals surface area contributed by atoms with Crippen LogP contribution in [0.3, 0.4) is 0 Å². The first kappa shape index (κ1) is 12.9. The fraction of sp³-hybridized carbons (Fsp3) is 0.167. The fourth-order valence-electron chi connectivity index (χ4n) is 1.46. The van der Waals surface area contributed by atoms with Gasteiger partial charge in [0.25, 0.3) is 0 Å². The van der Waals surface area contributed by atoms with Gasteiger partial charge in [-0.1, -0.05) is 18.2 Å². The normalized spacial score (nSPS) is 11.9. The molecular formula is C12H13NO4. The maximum Gasteiger partial charge on any atom is 0.335 e. The van der Waals surface area contributed by atoms with E-state index in [1.807, 2.05) is 0 Å². The molecule has 5 heteroatoms. The molecule has 0 aromatic heterocycles. The molecule has 0 aliphatic rings. The summed E-state index contributed by atoms with van der Waals surface area (Å²) >= 11 is 0. The Kier molecular flexibility index (Phi) is 3.65. The van der Waals surface area contributed by atoms with Gasteiger partial charge < -0.3 is 15.9 Å². The zero-order valence-electron chi connectivity index (χ0n) is 9.30. The Balaban J connectivity index is 3.37. The number of aromatic carboxylic acids is 1. The minimum absolute atomic E-state index is 0.0735. The standard InChI is InChI=1S/C12H13NO4/c1-6(2)9-5-7(11(14)15)3-4-8(9)10(13)12(16)17/h3-5,10H,1,13H2,2H3,(H,14,15)(H,16,17)/t10-/m0/s1. The molecule has 0 heterocycles. The van der Waals surface area contributed by atoms with Crippen LogP contribution < -0.4 is 5.73 Å². The number of benzene rings is 1. The van der Waals surface area contributed by atoms with Gasteiger partial charge in [0.1, 0.15) is 6.04 Å². The van der Waals surface area contributed by atoms with Gasteiger partial charge in [-0.3, -0.25) is 4.79 Å². The Hall–Kier alpha value is -2.14. The molecule has 0 saturated heterocycles. The van der Waals surface area contributed by atoms with E-state index in [1.165, 1.54) is 18.2 Å². The quantitative estimate of drug-likeness (QED) is 0.734. The number of carboxylic acid groups (broad SMARTS) is 2. The topological polar surface area (TPSA) is 101 Å². The van der Waals surface area contributed by atoms with Crippen molar-refractivity contribution in [2.45, 2.75) is 13.0 Å². The molecule has 1 aromatic carbocycles. The Morgan fingerprint density at radius 2 is 1.94 bits per heavy atom. The van der Waals surface area contributed by atoms with Crippen LogP contribution in [0.4, 0.5) is 0 Å². The Labute approximate surface area is 98.2 Å². The number of carbonyl (C=O) groups is 2. The van der Waals surface area contributed by atoms with Gasteiger partial charge in [-0.25, -0.2) is 4.79 Å². The monoisotopic (exact) mass is 235 g/mol. The lowest BCUT2D eigenvalue weighted by molar-refractivity contribution is -0.138. The first-order valence-corrected chi connectivity index (χ1v) is 4.86. The van der Waals surface area contributed by atoms with E-state index in [1.54, 1.807) is 6.92 Å². The van der Waals surface area contributed by atoms with Crippen molar-refractivity contribution in [1.29, 1.82) is 0 Å². The second kappa shape index (κ2) is 4.80. The van der Waals surface area contributed by atoms with E-state index in [-0.39, 0.29) is 5.56 Å². The number of carboxylic acids is 2. The van der Waals surface area contributed by atoms with Crippen molar-refractivity contribution in [3.05, 3.63) is 41.5 Å². The van der Waals surface area contributed by atoms with Crippen LogP contribution in [0, 0.1) is 0 Å². The van der Waals surface area contributed by atoms with Gasteiger partial charge >= 0.3 is 11.9 Å². The summed E-state index contributed by atoms with van der Waals surface area (Å²) in [5, 5.41) is 17.7. The van der Waals surface area contributed by atoms with Crippen LogP contribution in [0.15, 0.2) is 24.8 Å². The first-order chi connectivity index (χ1) is 7.84. The molecule has 0 amide bonds. The highest BCUT2D eigenvalue weighted by Crippen LogP contribution is 2.24. The third-order valence-corrected chi connectivity index (χ3v) is 2.36. The number of hydrogen-bond donors (Lipinski definition) is 3. The molecule has 1 aromatic rings. The van der Waals surface area contributed by atoms with E-state index in [0.717, 1.165) is 0 Å². The van der Waals surface area contributed by atoms with Gasteiger partial charge in [0, 0.05) is 0 Å². The number of hydrogen-bond acceptors (Lipinski definition) is 3. The summed E-state index contributed by atoms with van der Waals surface area (Å²) in [7, 11) is 0. The van der Waals surface area contributed by atoms with E-state index in [0.29, 0.717) is 16.7 Å². The van der Waals surface area contributed by atoms with Crippen molar-refractivity contribution < 1.29 is 19.8 Å². The lowest BCUT2D eigenvalue weighted by Gasteiger charge is -2.13. The van der Waals surface area contributed by atoms with Gasteiger partial charge in [-0.05, 0) is 30.2 Å². The molecule has 0 bridgehead atoms. The lowest BCUT2D eigenvalue weighted by Crippen LogP contribution is -2.22. The SMILES string of the molecule is C=C(C)c1cc(C(=O)O)ccc1[C@H](N)C(=O)O. The molecule has 90 valence electrons. The van der Waals surface area contributed by atoms with Crippen LogP contribution in [0.1, 0.15) is 34.5 Å². The summed E-state index contributed by atoms with van der Waals surface area (Å²) in [5.41, 5.74) is 6.97. The molecule has 0 saturated carbocycles. The van der Waals surface area contributed by atoms with Gasteiger partial charge in [0.15, 0.2) is 0 Å². The van der Waals surface area contributed by atoms with Crippen molar-refractivity contribution in [3.63, 3.8) is 0 Å². The minimum atomic E-state index is -1.19. The van der Waals surface area contributed by atoms with Crippen LogP contribution in [-0.4, -0.2) is 22.2 Å². The van der Waals surface area contributed by atoms with Gasteiger partial charge in [0.2, 0.25) is 0 Å². The van der Waals surface area contributed by atoms with E-state index < -0.39 is 18.0 Å². The maximum atomic E-state index is 10.8. The minimum Gasteiger partial charge on any atom is -0.480 e. The molecule has 4 N–H and O–H groups in total. The van der Waals surface area contributed by atoms with Crippen molar-refractivity contribution in [3.8, 4) is 0 Å². The number of aliphatic carboxylic acids is 1. The number of allylic oxidation sites excluding steroid dienone is 1. The first-order valence-electron chi connectivity index (χ1n) is 4.86. The highest BCUT2D eigenvalue weighted by Gasteiger charge is 2.19. The third-order valence-electron chi connectivity index (χ3n) is 2.36. The maximum absolute atomic E-state index is 10.8. The number of rotatable bonds is 4. The van der Waals surface area contributed by atoms with Crippen LogP contribution in [0.5, 0.6) is 0 Å². The fourth-order valence-corrected chi connectivity index (χ4v) is 1.46. The molecule has 0 spiro atoms. The molecule has 0 aliphatic heterocycles. The molecule has 17 heavy (non-hydrogen) atoms. The van der Waals surface area contributed by atoms with E-state index >= 15 is 0 Å². The zero-order chi connectivity index (χ0) is 13.2. The van der Waals surface area contributed by atoms with E-state index in [4.69, 9.17) is 15.9 Å². The van der Waals surface area contributed by atoms with Gasteiger partial charge in [-0.2, -0.15) is 0 Å². The molecule has 1 atom stereocenters. The third kappa shape index (κ3) is 2.70. The molecule has 0 fully saturated rings. The number of nitrogens with two attached hydrogens (primary N) is 1. The average Bonchev–Trinajstić information content (AvgIpc) is 2.26. The van der Waals surface area contributed by atoms with Crippen molar-refractivity contribution in [2.75, 3.05) is 0 Å². The van der Waals surface area contributed by atoms with Crippen molar-refractivity contribution in [2.24, 2.45) is 5.73 Å². The Morgan fingerprint density at radius 3 is 2.35 bits per heavy atom. The summed E-state index contributed by atoms with van der Waals surface area (Å²) in [6, 6.07) is 2.92. The molecule has 1 rings (SSSR count). The Morgan fingerprint density at radius 1 is 1.35 bits per heavy atom. The largest absolute Gasteiger partial charge is 0.480 e. The second-order valence-corrected chi connectivity index (χ2v) is 3.70. The highest BCUT2D eigenvalue weighted by atomic mass is 16.4. The highest BCUT2D eigenvalue weighted by molar-refractivity contribution is 5.90. The van der Waals surface area contributed by atoms with Crippen molar-refractivity contribution in [1.82, 2.24) is 0 Å². The smallest absolute Gasteiger partial charge is 0.335 e. The molecule has 0 aliphatic carbocycles. The Bertz CT molecular complexity index is 493. The van der Waals surface area contributed by atoms with Crippen LogP contribution >= 0.6 is 0 Å². The van der Waals surface area contributed by atoms with Crippen LogP contribution in [0.25, 0.3) is 5.57 Å². The molecule has 5 nitrogen and oxygen atoms in total. The van der Waals surface area contributed by atoms with E-state index in [2.05, 4.69) is 6.58 Å². The molecule has 0 unspecified atom stereocenters. The summed E-state index contributed by atoms with van der Waals surface area (Å²) in [6.07, 6.45) is 0. The average molecular weight is 235 g/mol. The summed E-state index contributed by atoms with van der Waals surface area (Å²) in [6.45, 7) is 5.35. The predicted molar refractivity (Wildman–Crippen MR) is 62.7 cm³/mol.